The molecule has 1 aromatic heterocycles. The van der Waals surface area contributed by atoms with Gasteiger partial charge in [-0.3, -0.25) is 19.7 Å². The highest BCUT2D eigenvalue weighted by atomic mass is 33.1. The lowest BCUT2D eigenvalue weighted by Crippen LogP contribution is -2.33. The number of amides is 2. The fourth-order valence-corrected chi connectivity index (χ4v) is 3.96. The molecule has 1 aliphatic heterocycles. The Morgan fingerprint density at radius 2 is 2.25 bits per heavy atom. The monoisotopic (exact) mass is 371 g/mol. The summed E-state index contributed by atoms with van der Waals surface area (Å²) >= 11 is 0. The second-order valence-electron chi connectivity index (χ2n) is 4.72. The fourth-order valence-electron chi connectivity index (χ4n) is 1.74. The smallest absolute Gasteiger partial charge is 0.330 e. The van der Waals surface area contributed by atoms with Crippen LogP contribution in [0.1, 0.15) is 26.2 Å². The van der Waals surface area contributed by atoms with Crippen LogP contribution in [-0.4, -0.2) is 38.0 Å². The van der Waals surface area contributed by atoms with Crippen LogP contribution in [0.4, 0.5) is 5.69 Å². The molecule has 1 fully saturated rings. The molecular formula is C13H13N3O6S2. The topological polar surface area (TPSA) is 120 Å². The van der Waals surface area contributed by atoms with Gasteiger partial charge in [-0.25, -0.2) is 9.78 Å². The molecule has 2 amide bonds. The van der Waals surface area contributed by atoms with E-state index in [9.17, 15) is 24.5 Å². The van der Waals surface area contributed by atoms with Gasteiger partial charge in [-0.05, 0) is 23.3 Å². The number of imide groups is 1. The molecule has 9 nitrogen and oxygen atoms in total. The normalized spacial score (nSPS) is 17.2. The second kappa shape index (κ2) is 8.11. The largest absolute Gasteiger partial charge is 0.333 e. The Morgan fingerprint density at radius 1 is 1.50 bits per heavy atom. The summed E-state index contributed by atoms with van der Waals surface area (Å²) in [5.74, 6) is -1.79. The van der Waals surface area contributed by atoms with E-state index in [1.54, 1.807) is 6.92 Å². The van der Waals surface area contributed by atoms with Gasteiger partial charge in [-0.2, -0.15) is 0 Å². The summed E-state index contributed by atoms with van der Waals surface area (Å²) in [4.78, 5) is 54.0. The van der Waals surface area contributed by atoms with Crippen LogP contribution in [0.15, 0.2) is 23.4 Å². The third kappa shape index (κ3) is 4.45. The number of aromatic nitrogens is 1. The molecule has 1 saturated heterocycles. The van der Waals surface area contributed by atoms with Gasteiger partial charge in [0.15, 0.2) is 0 Å². The van der Waals surface area contributed by atoms with Crippen molar-refractivity contribution in [3.05, 3.63) is 28.4 Å². The second-order valence-corrected chi connectivity index (χ2v) is 7.15. The number of carbonyl (C=O) groups is 3. The van der Waals surface area contributed by atoms with Gasteiger partial charge >= 0.3 is 5.97 Å². The van der Waals surface area contributed by atoms with Gasteiger partial charge in [0.2, 0.25) is 0 Å². The zero-order chi connectivity index (χ0) is 17.7. The highest BCUT2D eigenvalue weighted by Crippen LogP contribution is 2.38. The number of nitrogens with zero attached hydrogens (tertiary/aromatic N) is 3. The number of hydrogen-bond donors (Lipinski definition) is 0. The lowest BCUT2D eigenvalue weighted by molar-refractivity contribution is -0.385. The molecule has 24 heavy (non-hydrogen) atoms. The molecule has 0 bridgehead atoms. The van der Waals surface area contributed by atoms with Crippen LogP contribution in [0.3, 0.4) is 0 Å². The van der Waals surface area contributed by atoms with Crippen molar-refractivity contribution < 1.29 is 24.1 Å². The average molecular weight is 371 g/mol. The fraction of sp³-hybridized carbons (Fsp3) is 0.385. The molecule has 11 heteroatoms. The van der Waals surface area contributed by atoms with Gasteiger partial charge in [0.05, 0.1) is 11.3 Å². The standard InChI is InChI=1S/C13H13N3O6S2/c1-2-3-12(18)22-15-11(17)6-9(13(15)19)23-24-10-5-4-8(7-14-10)16(20)21/h4-5,7,9H,2-3,6H2,1H3. The number of hydrogen-bond acceptors (Lipinski definition) is 9. The van der Waals surface area contributed by atoms with Crippen molar-refractivity contribution in [2.45, 2.75) is 36.5 Å². The number of carbonyl (C=O) groups excluding carboxylic acids is 3. The third-order valence-electron chi connectivity index (χ3n) is 2.89. The number of hydroxylamine groups is 2. The van der Waals surface area contributed by atoms with Crippen molar-refractivity contribution >= 4 is 45.1 Å². The van der Waals surface area contributed by atoms with E-state index >= 15 is 0 Å². The molecule has 1 aliphatic rings. The molecular weight excluding hydrogens is 358 g/mol. The quantitative estimate of drug-likeness (QED) is 0.307. The summed E-state index contributed by atoms with van der Waals surface area (Å²) in [6, 6.07) is 2.76. The Kier molecular flexibility index (Phi) is 6.15. The molecule has 0 aliphatic carbocycles. The summed E-state index contributed by atoms with van der Waals surface area (Å²) in [5, 5.41) is 10.8. The number of rotatable bonds is 7. The molecule has 0 aromatic carbocycles. The van der Waals surface area contributed by atoms with Crippen molar-refractivity contribution in [3.63, 3.8) is 0 Å². The van der Waals surface area contributed by atoms with E-state index in [0.29, 0.717) is 16.5 Å². The number of nitro groups is 1. The summed E-state index contributed by atoms with van der Waals surface area (Å²) in [7, 11) is 2.21. The molecule has 2 heterocycles. The maximum absolute atomic E-state index is 12.1. The molecule has 2 rings (SSSR count). The Bertz CT molecular complexity index is 666. The van der Waals surface area contributed by atoms with Gasteiger partial charge in [0.25, 0.3) is 17.5 Å². The van der Waals surface area contributed by atoms with Crippen LogP contribution in [-0.2, 0) is 19.2 Å². The van der Waals surface area contributed by atoms with Crippen LogP contribution in [0.2, 0.25) is 0 Å². The minimum Gasteiger partial charge on any atom is -0.330 e. The molecule has 128 valence electrons. The summed E-state index contributed by atoms with van der Waals surface area (Å²) in [6.45, 7) is 1.78. The SMILES string of the molecule is CCCC(=O)ON1C(=O)CC(SSc2ccc([N+](=O)[O-])cn2)C1=O. The highest BCUT2D eigenvalue weighted by Gasteiger charge is 2.42. The van der Waals surface area contributed by atoms with Gasteiger partial charge in [-0.15, -0.1) is 5.06 Å². The van der Waals surface area contributed by atoms with E-state index in [1.807, 2.05) is 0 Å². The van der Waals surface area contributed by atoms with Crippen molar-refractivity contribution in [2.75, 3.05) is 0 Å². The predicted octanol–water partition coefficient (Wildman–Crippen LogP) is 2.12. The van der Waals surface area contributed by atoms with E-state index in [-0.39, 0.29) is 18.5 Å². The van der Waals surface area contributed by atoms with Crippen LogP contribution in [0, 0.1) is 10.1 Å². The minimum absolute atomic E-state index is 0.0805. The zero-order valence-electron chi connectivity index (χ0n) is 12.5. The van der Waals surface area contributed by atoms with Crippen molar-refractivity contribution in [3.8, 4) is 0 Å². The predicted molar refractivity (Wildman–Crippen MR) is 85.6 cm³/mol. The Balaban J connectivity index is 1.91. The molecule has 0 N–H and O–H groups in total. The summed E-state index contributed by atoms with van der Waals surface area (Å²) in [5.41, 5.74) is -0.134. The molecule has 0 radical (unpaired) electrons. The summed E-state index contributed by atoms with van der Waals surface area (Å²) in [6.07, 6.45) is 1.71. The van der Waals surface area contributed by atoms with Crippen LogP contribution < -0.4 is 0 Å². The van der Waals surface area contributed by atoms with E-state index in [0.717, 1.165) is 27.8 Å². The van der Waals surface area contributed by atoms with Crippen molar-refractivity contribution in [1.82, 2.24) is 10.0 Å². The first-order chi connectivity index (χ1) is 11.4. The van der Waals surface area contributed by atoms with E-state index in [1.165, 1.54) is 12.1 Å². The van der Waals surface area contributed by atoms with Crippen LogP contribution in [0.5, 0.6) is 0 Å². The third-order valence-corrected chi connectivity index (χ3v) is 5.50. The lowest BCUT2D eigenvalue weighted by Gasteiger charge is -2.13. The Hall–Kier alpha value is -2.14. The average Bonchev–Trinajstić information content (AvgIpc) is 2.81. The van der Waals surface area contributed by atoms with Crippen LogP contribution >= 0.6 is 21.6 Å². The highest BCUT2D eigenvalue weighted by molar-refractivity contribution is 8.77. The molecule has 1 atom stereocenters. The maximum atomic E-state index is 12.1. The van der Waals surface area contributed by atoms with Gasteiger partial charge in [0, 0.05) is 12.5 Å². The first kappa shape index (κ1) is 18.2. The molecule has 0 saturated carbocycles. The van der Waals surface area contributed by atoms with Crippen molar-refractivity contribution in [1.29, 1.82) is 0 Å². The van der Waals surface area contributed by atoms with Crippen molar-refractivity contribution in [2.24, 2.45) is 0 Å². The first-order valence-electron chi connectivity index (χ1n) is 6.93. The van der Waals surface area contributed by atoms with E-state index in [2.05, 4.69) is 4.98 Å². The molecule has 1 unspecified atom stereocenters. The summed E-state index contributed by atoms with van der Waals surface area (Å²) < 4.78 is 0. The van der Waals surface area contributed by atoms with Gasteiger partial charge in [-0.1, -0.05) is 17.7 Å². The molecule has 0 spiro atoms. The van der Waals surface area contributed by atoms with Crippen LogP contribution in [0.25, 0.3) is 0 Å². The number of pyridine rings is 1. The van der Waals surface area contributed by atoms with Gasteiger partial charge < -0.3 is 4.84 Å². The molecule has 1 aromatic rings. The van der Waals surface area contributed by atoms with Gasteiger partial charge in [0.1, 0.15) is 16.5 Å². The Morgan fingerprint density at radius 3 is 2.83 bits per heavy atom. The Labute approximate surface area is 144 Å². The van der Waals surface area contributed by atoms with E-state index in [4.69, 9.17) is 4.84 Å². The zero-order valence-corrected chi connectivity index (χ0v) is 14.2. The lowest BCUT2D eigenvalue weighted by atomic mass is 10.3. The first-order valence-corrected chi connectivity index (χ1v) is 9.15. The van der Waals surface area contributed by atoms with E-state index < -0.39 is 28.0 Å². The minimum atomic E-state index is -0.700. The maximum Gasteiger partial charge on any atom is 0.333 e.